The number of hydrogen-bond donors (Lipinski definition) is 3. The van der Waals surface area contributed by atoms with Crippen molar-refractivity contribution in [3.63, 3.8) is 0 Å². The Labute approximate surface area is 311 Å². The van der Waals surface area contributed by atoms with Gasteiger partial charge in [-0.2, -0.15) is 0 Å². The lowest BCUT2D eigenvalue weighted by molar-refractivity contribution is -0.140. The Morgan fingerprint density at radius 2 is 1.75 bits per heavy atom. The predicted octanol–water partition coefficient (Wildman–Crippen LogP) is 5.60. The van der Waals surface area contributed by atoms with E-state index in [0.29, 0.717) is 54.1 Å². The number of methoxy groups -OCH3 is 1. The minimum Gasteiger partial charge on any atom is -0.493 e. The standard InChI is InChI=1S/C40H52ClN5O6/c1-24(2)52-35-15-12-26(16-36(35)51-4)40(50)46-21-28-20-45(37(47)17-27-19-43-34-18-29(41)13-14-30(27)34)23-32(31(28)22-46)38(48)44-33(39(49)42-3)11-7-10-25-8-5-6-9-25/h12-16,18-19,24-25,28,31-33,43H,5-11,17,20-23H2,1-4H3,(H,42,49)(H,44,48)/t28?,31?,32?,33-/m1/s1. The maximum Gasteiger partial charge on any atom is 0.254 e. The van der Waals surface area contributed by atoms with E-state index in [9.17, 15) is 19.2 Å². The van der Waals surface area contributed by atoms with Gasteiger partial charge in [0.25, 0.3) is 5.91 Å². The number of benzene rings is 2. The summed E-state index contributed by atoms with van der Waals surface area (Å²) in [5, 5.41) is 7.34. The Hall–Kier alpha value is -4.25. The van der Waals surface area contributed by atoms with Crippen LogP contribution in [0.1, 0.15) is 74.7 Å². The summed E-state index contributed by atoms with van der Waals surface area (Å²) in [6.45, 7) is 5.25. The summed E-state index contributed by atoms with van der Waals surface area (Å²) in [7, 11) is 3.13. The predicted molar refractivity (Wildman–Crippen MR) is 201 cm³/mol. The number of amides is 4. The van der Waals surface area contributed by atoms with Crippen LogP contribution < -0.4 is 20.1 Å². The molecule has 0 spiro atoms. The second-order valence-corrected chi connectivity index (χ2v) is 15.4. The lowest BCUT2D eigenvalue weighted by Crippen LogP contribution is -2.56. The van der Waals surface area contributed by atoms with E-state index in [1.165, 1.54) is 25.7 Å². The number of H-pyrrole nitrogens is 1. The molecule has 1 aliphatic carbocycles. The molecule has 2 aliphatic heterocycles. The molecule has 6 rings (SSSR count). The van der Waals surface area contributed by atoms with E-state index in [-0.39, 0.29) is 54.5 Å². The fraction of sp³-hybridized carbons (Fsp3) is 0.550. The van der Waals surface area contributed by atoms with Crippen LogP contribution in [0.5, 0.6) is 11.5 Å². The SMILES string of the molecule is CNC(=O)[C@@H](CCCC1CCCC1)NC(=O)C1CN(C(=O)Cc2c[nH]c3cc(Cl)ccc23)CC2CN(C(=O)c3ccc(OC(C)C)c(OC)c3)CC21. The van der Waals surface area contributed by atoms with Crippen LogP contribution in [0.2, 0.25) is 5.02 Å². The fourth-order valence-corrected chi connectivity index (χ4v) is 8.64. The molecule has 3 N–H and O–H groups in total. The van der Waals surface area contributed by atoms with Crippen LogP contribution in [-0.4, -0.2) is 90.9 Å². The van der Waals surface area contributed by atoms with Gasteiger partial charge in [-0.25, -0.2) is 0 Å². The normalized spacial score (nSPS) is 20.9. The first kappa shape index (κ1) is 37.5. The molecule has 1 aromatic heterocycles. The van der Waals surface area contributed by atoms with Gasteiger partial charge in [-0.15, -0.1) is 0 Å². The zero-order chi connectivity index (χ0) is 36.9. The number of nitrogens with one attached hydrogen (secondary N) is 3. The summed E-state index contributed by atoms with van der Waals surface area (Å²) >= 11 is 6.19. The van der Waals surface area contributed by atoms with Crippen molar-refractivity contribution in [3.8, 4) is 11.5 Å². The molecule has 4 atom stereocenters. The van der Waals surface area contributed by atoms with Gasteiger partial charge in [-0.3, -0.25) is 19.2 Å². The molecule has 280 valence electrons. The van der Waals surface area contributed by atoms with E-state index in [1.54, 1.807) is 48.2 Å². The van der Waals surface area contributed by atoms with Crippen molar-refractivity contribution in [2.24, 2.45) is 23.7 Å². The van der Waals surface area contributed by atoms with Crippen LogP contribution in [0.3, 0.4) is 0 Å². The number of likely N-dealkylation sites (N-methyl/N-ethyl adjacent to an activating group) is 1. The second-order valence-electron chi connectivity index (χ2n) is 15.0. The molecular weight excluding hydrogens is 682 g/mol. The van der Waals surface area contributed by atoms with Gasteiger partial charge in [0.05, 0.1) is 25.6 Å². The van der Waals surface area contributed by atoms with Crippen molar-refractivity contribution in [2.45, 2.75) is 77.4 Å². The van der Waals surface area contributed by atoms with Crippen molar-refractivity contribution < 1.29 is 28.7 Å². The van der Waals surface area contributed by atoms with Crippen LogP contribution >= 0.6 is 11.6 Å². The summed E-state index contributed by atoms with van der Waals surface area (Å²) in [5.41, 5.74) is 2.16. The third-order valence-electron chi connectivity index (χ3n) is 11.2. The molecule has 12 heteroatoms. The molecule has 3 unspecified atom stereocenters. The van der Waals surface area contributed by atoms with E-state index in [1.807, 2.05) is 32.2 Å². The smallest absolute Gasteiger partial charge is 0.254 e. The summed E-state index contributed by atoms with van der Waals surface area (Å²) in [5.74, 6) is 0.0742. The van der Waals surface area contributed by atoms with Crippen molar-refractivity contribution in [2.75, 3.05) is 40.3 Å². The van der Waals surface area contributed by atoms with E-state index in [2.05, 4.69) is 15.6 Å². The Bertz CT molecular complexity index is 1770. The number of ether oxygens (including phenoxy) is 2. The summed E-state index contributed by atoms with van der Waals surface area (Å²) in [6, 6.07) is 10.0. The number of fused-ring (bicyclic) bond motifs is 2. The molecule has 0 bridgehead atoms. The molecule has 2 saturated heterocycles. The molecule has 3 heterocycles. The monoisotopic (exact) mass is 733 g/mol. The first-order chi connectivity index (χ1) is 25.0. The van der Waals surface area contributed by atoms with Crippen LogP contribution in [-0.2, 0) is 20.8 Å². The fourth-order valence-electron chi connectivity index (χ4n) is 8.47. The molecule has 1 saturated carbocycles. The van der Waals surface area contributed by atoms with Gasteiger partial charge in [0, 0.05) is 60.9 Å². The third kappa shape index (κ3) is 8.51. The van der Waals surface area contributed by atoms with E-state index in [4.69, 9.17) is 21.1 Å². The first-order valence-electron chi connectivity index (χ1n) is 18.7. The topological polar surface area (TPSA) is 133 Å². The molecule has 3 fully saturated rings. The zero-order valence-electron chi connectivity index (χ0n) is 30.7. The maximum absolute atomic E-state index is 14.3. The van der Waals surface area contributed by atoms with Crippen LogP contribution in [0.15, 0.2) is 42.6 Å². The highest BCUT2D eigenvalue weighted by Crippen LogP contribution is 2.38. The lowest BCUT2D eigenvalue weighted by atomic mass is 9.79. The van der Waals surface area contributed by atoms with Gasteiger partial charge < -0.3 is 34.9 Å². The summed E-state index contributed by atoms with van der Waals surface area (Å²) in [4.78, 5) is 62.0. The number of piperidine rings is 1. The number of hydrogen-bond acceptors (Lipinski definition) is 6. The molecule has 0 radical (unpaired) electrons. The molecule has 4 amide bonds. The average molecular weight is 734 g/mol. The van der Waals surface area contributed by atoms with Gasteiger partial charge in [0.2, 0.25) is 17.7 Å². The van der Waals surface area contributed by atoms with E-state index in [0.717, 1.165) is 29.3 Å². The minimum atomic E-state index is -0.667. The van der Waals surface area contributed by atoms with Gasteiger partial charge in [0.15, 0.2) is 11.5 Å². The minimum absolute atomic E-state index is 0.0596. The Morgan fingerprint density at radius 3 is 2.48 bits per heavy atom. The summed E-state index contributed by atoms with van der Waals surface area (Å²) in [6.07, 6.45) is 9.37. The highest BCUT2D eigenvalue weighted by molar-refractivity contribution is 6.31. The quantitative estimate of drug-likeness (QED) is 0.210. The number of nitrogens with zero attached hydrogens (tertiary/aromatic N) is 2. The van der Waals surface area contributed by atoms with Crippen LogP contribution in [0.25, 0.3) is 10.9 Å². The number of carbonyl (C=O) groups is 4. The maximum atomic E-state index is 14.3. The second kappa shape index (κ2) is 16.6. The van der Waals surface area contributed by atoms with Crippen molar-refractivity contribution in [1.82, 2.24) is 25.4 Å². The lowest BCUT2D eigenvalue weighted by Gasteiger charge is -2.40. The molecule has 52 heavy (non-hydrogen) atoms. The largest absolute Gasteiger partial charge is 0.493 e. The van der Waals surface area contributed by atoms with E-state index >= 15 is 0 Å². The number of halogens is 1. The number of aromatic amines is 1. The van der Waals surface area contributed by atoms with Crippen molar-refractivity contribution in [1.29, 1.82) is 0 Å². The number of likely N-dealkylation sites (tertiary alicyclic amines) is 2. The van der Waals surface area contributed by atoms with Gasteiger partial charge in [-0.05, 0) is 73.9 Å². The average Bonchev–Trinajstić information content (AvgIpc) is 3.90. The van der Waals surface area contributed by atoms with Gasteiger partial charge >= 0.3 is 0 Å². The summed E-state index contributed by atoms with van der Waals surface area (Å²) < 4.78 is 11.4. The molecule has 3 aromatic rings. The van der Waals surface area contributed by atoms with Gasteiger partial charge in [0.1, 0.15) is 6.04 Å². The van der Waals surface area contributed by atoms with Crippen LogP contribution in [0, 0.1) is 23.7 Å². The Balaban J connectivity index is 1.21. The van der Waals surface area contributed by atoms with Crippen LogP contribution in [0.4, 0.5) is 0 Å². The number of carbonyl (C=O) groups excluding carboxylic acids is 4. The Kier molecular flexibility index (Phi) is 12.0. The number of aromatic nitrogens is 1. The molecule has 3 aliphatic rings. The first-order valence-corrected chi connectivity index (χ1v) is 19.1. The van der Waals surface area contributed by atoms with Gasteiger partial charge in [-0.1, -0.05) is 56.2 Å². The number of rotatable bonds is 13. The van der Waals surface area contributed by atoms with E-state index < -0.39 is 12.0 Å². The zero-order valence-corrected chi connectivity index (χ0v) is 31.5. The highest BCUT2D eigenvalue weighted by Gasteiger charge is 2.48. The Morgan fingerprint density at radius 1 is 0.981 bits per heavy atom. The molecule has 2 aromatic carbocycles. The van der Waals surface area contributed by atoms with Crippen molar-refractivity contribution >= 4 is 46.1 Å². The third-order valence-corrected chi connectivity index (χ3v) is 11.4. The molecular formula is C40H52ClN5O6. The van der Waals surface area contributed by atoms with Crippen molar-refractivity contribution in [3.05, 3.63) is 58.7 Å². The molecule has 11 nitrogen and oxygen atoms in total. The highest BCUT2D eigenvalue weighted by atomic mass is 35.5.